The number of nitrogens with zero attached hydrogens (tertiary/aromatic N) is 3. The van der Waals surface area contributed by atoms with Crippen LogP contribution in [0.25, 0.3) is 0 Å². The van der Waals surface area contributed by atoms with Crippen molar-refractivity contribution < 1.29 is 4.79 Å². The van der Waals surface area contributed by atoms with Crippen LogP contribution in [0.3, 0.4) is 0 Å². The lowest BCUT2D eigenvalue weighted by Crippen LogP contribution is -2.32. The molecule has 1 saturated carbocycles. The molecule has 6 nitrogen and oxygen atoms in total. The Kier molecular flexibility index (Phi) is 3.60. The molecule has 7 heteroatoms. The van der Waals surface area contributed by atoms with Gasteiger partial charge in [-0.2, -0.15) is 5.10 Å². The predicted octanol–water partition coefficient (Wildman–Crippen LogP) is 1.01. The molecule has 0 saturated heterocycles. The molecule has 20 heavy (non-hydrogen) atoms. The number of carbonyl (C=O) groups excluding carboxylic acids is 1. The molecular weight excluding hydrogens is 276 g/mol. The van der Waals surface area contributed by atoms with Crippen molar-refractivity contribution >= 4 is 17.2 Å². The van der Waals surface area contributed by atoms with Gasteiger partial charge in [-0.15, -0.1) is 11.3 Å². The Hall–Kier alpha value is -2.02. The molecule has 0 spiro atoms. The maximum absolute atomic E-state index is 11.7. The second-order valence-electron chi connectivity index (χ2n) is 4.72. The maximum Gasteiger partial charge on any atom is 0.270 e. The Morgan fingerprint density at radius 2 is 2.30 bits per heavy atom. The van der Waals surface area contributed by atoms with E-state index in [2.05, 4.69) is 15.4 Å². The molecule has 1 aliphatic carbocycles. The first-order valence-electron chi connectivity index (χ1n) is 6.48. The minimum atomic E-state index is -0.224. The molecule has 1 amide bonds. The van der Waals surface area contributed by atoms with Crippen molar-refractivity contribution in [1.29, 1.82) is 0 Å². The summed E-state index contributed by atoms with van der Waals surface area (Å²) >= 11 is 1.37. The smallest absolute Gasteiger partial charge is 0.270 e. The van der Waals surface area contributed by atoms with Crippen LogP contribution in [-0.4, -0.2) is 27.2 Å². The average Bonchev–Trinajstić information content (AvgIpc) is 3.15. The Morgan fingerprint density at radius 1 is 1.45 bits per heavy atom. The number of rotatable bonds is 5. The number of amides is 1. The van der Waals surface area contributed by atoms with E-state index in [4.69, 9.17) is 0 Å². The van der Waals surface area contributed by atoms with E-state index in [9.17, 15) is 9.59 Å². The average molecular weight is 290 g/mol. The molecular formula is C13H14N4O2S. The molecule has 3 rings (SSSR count). The van der Waals surface area contributed by atoms with Crippen molar-refractivity contribution in [3.05, 3.63) is 44.8 Å². The zero-order chi connectivity index (χ0) is 13.9. The van der Waals surface area contributed by atoms with Crippen molar-refractivity contribution in [2.45, 2.75) is 25.3 Å². The van der Waals surface area contributed by atoms with Crippen LogP contribution in [0, 0.1) is 0 Å². The molecule has 1 N–H and O–H groups in total. The maximum atomic E-state index is 11.7. The monoisotopic (exact) mass is 290 g/mol. The van der Waals surface area contributed by atoms with E-state index in [1.54, 1.807) is 23.0 Å². The summed E-state index contributed by atoms with van der Waals surface area (Å²) in [6.07, 6.45) is 2.29. The second-order valence-corrected chi connectivity index (χ2v) is 5.44. The third-order valence-electron chi connectivity index (χ3n) is 3.16. The Labute approximate surface area is 119 Å². The molecule has 0 unspecified atom stereocenters. The third kappa shape index (κ3) is 2.93. The van der Waals surface area contributed by atoms with E-state index in [-0.39, 0.29) is 11.5 Å². The molecule has 2 heterocycles. The highest BCUT2D eigenvalue weighted by molar-refractivity contribution is 7.07. The molecule has 0 aromatic carbocycles. The first kappa shape index (κ1) is 13.0. The fourth-order valence-corrected chi connectivity index (χ4v) is 2.44. The lowest BCUT2D eigenvalue weighted by molar-refractivity contribution is 0.0947. The molecule has 0 aliphatic heterocycles. The normalized spacial score (nSPS) is 14.2. The first-order chi connectivity index (χ1) is 9.74. The summed E-state index contributed by atoms with van der Waals surface area (Å²) in [5, 5.41) is 8.75. The fourth-order valence-electron chi connectivity index (χ4n) is 1.91. The first-order valence-corrected chi connectivity index (χ1v) is 7.43. The van der Waals surface area contributed by atoms with Gasteiger partial charge < -0.3 is 5.32 Å². The van der Waals surface area contributed by atoms with E-state index in [1.807, 2.05) is 0 Å². The number of nitrogens with one attached hydrogen (secondary N) is 1. The molecule has 0 radical (unpaired) electrons. The minimum Gasteiger partial charge on any atom is -0.349 e. The number of hydrogen-bond donors (Lipinski definition) is 1. The molecule has 2 aromatic rings. The summed E-state index contributed by atoms with van der Waals surface area (Å²) in [4.78, 5) is 27.3. The summed E-state index contributed by atoms with van der Waals surface area (Å²) in [6.45, 7) is 0.729. The van der Waals surface area contributed by atoms with E-state index >= 15 is 0 Å². The number of hydrogen-bond acceptors (Lipinski definition) is 5. The highest BCUT2D eigenvalue weighted by atomic mass is 32.1. The van der Waals surface area contributed by atoms with Crippen LogP contribution in [0.5, 0.6) is 0 Å². The van der Waals surface area contributed by atoms with Gasteiger partial charge in [0, 0.05) is 23.9 Å². The fraction of sp³-hybridized carbons (Fsp3) is 0.385. The van der Waals surface area contributed by atoms with Crippen molar-refractivity contribution in [1.82, 2.24) is 20.1 Å². The molecule has 0 atom stereocenters. The van der Waals surface area contributed by atoms with E-state index in [0.717, 1.165) is 18.5 Å². The molecule has 2 aromatic heterocycles. The van der Waals surface area contributed by atoms with Gasteiger partial charge in [-0.25, -0.2) is 9.67 Å². The molecule has 1 fully saturated rings. The topological polar surface area (TPSA) is 76.9 Å². The SMILES string of the molecule is O=C(NCCn1nc(C2CC2)ccc1=O)c1cscn1. The van der Waals surface area contributed by atoms with E-state index in [1.165, 1.54) is 16.0 Å². The third-order valence-corrected chi connectivity index (χ3v) is 3.74. The van der Waals surface area contributed by atoms with Gasteiger partial charge in [-0.1, -0.05) is 0 Å². The van der Waals surface area contributed by atoms with Gasteiger partial charge in [0.2, 0.25) is 0 Å². The number of thiazole rings is 1. The zero-order valence-corrected chi connectivity index (χ0v) is 11.6. The lowest BCUT2D eigenvalue weighted by Gasteiger charge is -2.07. The quantitative estimate of drug-likeness (QED) is 0.891. The summed E-state index contributed by atoms with van der Waals surface area (Å²) in [6, 6.07) is 3.34. The Morgan fingerprint density at radius 3 is 3.00 bits per heavy atom. The van der Waals surface area contributed by atoms with Crippen LogP contribution >= 0.6 is 11.3 Å². The Balaban J connectivity index is 1.59. The summed E-state index contributed by atoms with van der Waals surface area (Å²) in [5.41, 5.74) is 2.84. The highest BCUT2D eigenvalue weighted by Gasteiger charge is 2.25. The van der Waals surface area contributed by atoms with Gasteiger partial charge in [-0.3, -0.25) is 9.59 Å². The molecule has 1 aliphatic rings. The van der Waals surface area contributed by atoms with Crippen molar-refractivity contribution in [2.75, 3.05) is 6.54 Å². The van der Waals surface area contributed by atoms with Gasteiger partial charge in [0.05, 0.1) is 17.7 Å². The van der Waals surface area contributed by atoms with Gasteiger partial charge in [0.25, 0.3) is 11.5 Å². The zero-order valence-electron chi connectivity index (χ0n) is 10.8. The summed E-state index contributed by atoms with van der Waals surface area (Å²) < 4.78 is 1.41. The Bertz CT molecular complexity index is 661. The summed E-state index contributed by atoms with van der Waals surface area (Å²) in [7, 11) is 0. The van der Waals surface area contributed by atoms with Gasteiger partial charge in [0.1, 0.15) is 5.69 Å². The second kappa shape index (κ2) is 5.54. The minimum absolute atomic E-state index is 0.141. The largest absolute Gasteiger partial charge is 0.349 e. The van der Waals surface area contributed by atoms with Crippen molar-refractivity contribution in [2.24, 2.45) is 0 Å². The highest BCUT2D eigenvalue weighted by Crippen LogP contribution is 2.38. The van der Waals surface area contributed by atoms with Crippen LogP contribution < -0.4 is 10.9 Å². The van der Waals surface area contributed by atoms with Crippen LogP contribution in [0.2, 0.25) is 0 Å². The van der Waals surface area contributed by atoms with Crippen LogP contribution in [0.15, 0.2) is 27.8 Å². The van der Waals surface area contributed by atoms with E-state index < -0.39 is 0 Å². The van der Waals surface area contributed by atoms with Crippen molar-refractivity contribution in [3.8, 4) is 0 Å². The van der Waals surface area contributed by atoms with Gasteiger partial charge in [-0.05, 0) is 18.9 Å². The standard InChI is InChI=1S/C13H14N4O2S/c18-12-4-3-10(9-1-2-9)16-17(12)6-5-14-13(19)11-7-20-8-15-11/h3-4,7-9H,1-2,5-6H2,(H,14,19). The van der Waals surface area contributed by atoms with Crippen molar-refractivity contribution in [3.63, 3.8) is 0 Å². The molecule has 0 bridgehead atoms. The van der Waals surface area contributed by atoms with Gasteiger partial charge >= 0.3 is 0 Å². The lowest BCUT2D eigenvalue weighted by atomic mass is 10.3. The van der Waals surface area contributed by atoms with E-state index in [0.29, 0.717) is 24.7 Å². The van der Waals surface area contributed by atoms with Crippen LogP contribution in [-0.2, 0) is 6.54 Å². The van der Waals surface area contributed by atoms with Crippen LogP contribution in [0.4, 0.5) is 0 Å². The number of aromatic nitrogens is 3. The van der Waals surface area contributed by atoms with Gasteiger partial charge in [0.15, 0.2) is 0 Å². The molecule has 104 valence electrons. The van der Waals surface area contributed by atoms with Crippen LogP contribution in [0.1, 0.15) is 34.9 Å². The summed E-state index contributed by atoms with van der Waals surface area (Å²) in [5.74, 6) is 0.282. The number of carbonyl (C=O) groups is 1. The predicted molar refractivity (Wildman–Crippen MR) is 74.9 cm³/mol.